The number of rotatable bonds is 5. The molecule has 8 nitrogen and oxygen atoms in total. The molecule has 2 aromatic rings. The monoisotopic (exact) mass is 424 g/mol. The second kappa shape index (κ2) is 8.15. The lowest BCUT2D eigenvalue weighted by atomic mass is 9.78. The van der Waals surface area contributed by atoms with Crippen molar-refractivity contribution in [2.75, 3.05) is 5.32 Å². The van der Waals surface area contributed by atoms with Gasteiger partial charge in [0.25, 0.3) is 0 Å². The largest absolute Gasteiger partial charge is 0.381 e. The van der Waals surface area contributed by atoms with Crippen LogP contribution in [0.2, 0.25) is 0 Å². The van der Waals surface area contributed by atoms with Gasteiger partial charge in [0, 0.05) is 30.3 Å². The number of aryl methyl sites for hydroxylation is 1. The molecule has 4 N–H and O–H groups in total. The lowest BCUT2D eigenvalue weighted by Crippen LogP contribution is -2.38. The first-order valence-electron chi connectivity index (χ1n) is 11.7. The molecular formula is C23H32N6O2. The molecule has 0 aromatic carbocycles. The second-order valence-electron chi connectivity index (χ2n) is 9.23. The summed E-state index contributed by atoms with van der Waals surface area (Å²) in [5.74, 6) is -0.250. The summed E-state index contributed by atoms with van der Waals surface area (Å²) in [5.41, 5.74) is 12.3. The quantitative estimate of drug-likeness (QED) is 0.678. The molecule has 2 saturated carbocycles. The normalized spacial score (nSPS) is 26.7. The molecule has 3 heterocycles. The Morgan fingerprint density at radius 2 is 2.03 bits per heavy atom. The SMILES string of the molecule is CCn1ncc2c(NC3CCCCC3)c(C3=CC4(CCC(C(N)=O)CC4)ON3)cnc21. The lowest BCUT2D eigenvalue weighted by molar-refractivity contribution is -0.125. The van der Waals surface area contributed by atoms with Gasteiger partial charge in [-0.05, 0) is 51.5 Å². The van der Waals surface area contributed by atoms with Crippen molar-refractivity contribution in [3.63, 3.8) is 0 Å². The predicted molar refractivity (Wildman–Crippen MR) is 120 cm³/mol. The first-order valence-corrected chi connectivity index (χ1v) is 11.7. The predicted octanol–water partition coefficient (Wildman–Crippen LogP) is 3.49. The molecule has 0 bridgehead atoms. The molecule has 2 fully saturated rings. The zero-order valence-electron chi connectivity index (χ0n) is 18.2. The van der Waals surface area contributed by atoms with Gasteiger partial charge in [0.15, 0.2) is 5.65 Å². The number of nitrogens with two attached hydrogens (primary N) is 1. The van der Waals surface area contributed by atoms with Gasteiger partial charge >= 0.3 is 0 Å². The zero-order chi connectivity index (χ0) is 21.4. The second-order valence-corrected chi connectivity index (χ2v) is 9.23. The highest BCUT2D eigenvalue weighted by Crippen LogP contribution is 2.42. The maximum atomic E-state index is 11.6. The highest BCUT2D eigenvalue weighted by molar-refractivity contribution is 5.95. The van der Waals surface area contributed by atoms with Crippen LogP contribution in [-0.2, 0) is 16.2 Å². The van der Waals surface area contributed by atoms with Crippen LogP contribution < -0.4 is 16.5 Å². The van der Waals surface area contributed by atoms with Crippen molar-refractivity contribution in [1.82, 2.24) is 20.2 Å². The third kappa shape index (κ3) is 3.78. The zero-order valence-corrected chi connectivity index (χ0v) is 18.2. The molecule has 2 aromatic heterocycles. The van der Waals surface area contributed by atoms with Crippen LogP contribution in [0.15, 0.2) is 18.5 Å². The Kier molecular flexibility index (Phi) is 5.33. The van der Waals surface area contributed by atoms with Crippen LogP contribution >= 0.6 is 0 Å². The number of aromatic nitrogens is 3. The lowest BCUT2D eigenvalue weighted by Gasteiger charge is -2.32. The molecule has 2 aliphatic carbocycles. The summed E-state index contributed by atoms with van der Waals surface area (Å²) in [5, 5.41) is 9.42. The maximum Gasteiger partial charge on any atom is 0.220 e. The van der Waals surface area contributed by atoms with E-state index in [1.807, 2.05) is 17.1 Å². The number of amides is 1. The van der Waals surface area contributed by atoms with E-state index in [4.69, 9.17) is 15.6 Å². The average Bonchev–Trinajstić information content (AvgIpc) is 3.39. The number of hydrogen-bond donors (Lipinski definition) is 3. The minimum atomic E-state index is -0.383. The van der Waals surface area contributed by atoms with Crippen LogP contribution in [0.4, 0.5) is 5.69 Å². The number of nitrogens with zero attached hydrogens (tertiary/aromatic N) is 3. The summed E-state index contributed by atoms with van der Waals surface area (Å²) in [7, 11) is 0. The number of primary amides is 1. The number of hydroxylamine groups is 1. The summed E-state index contributed by atoms with van der Waals surface area (Å²) in [4.78, 5) is 22.4. The standard InChI is InChI=1S/C23H32N6O2/c1-2-29-22-18(14-26-29)20(27-16-6-4-3-5-7-16)17(13-25-22)19-12-23(31-28-19)10-8-15(9-11-23)21(24)30/h12-16,28H,2-11H2,1H3,(H2,24,30)(H,25,27). The van der Waals surface area contributed by atoms with E-state index in [9.17, 15) is 4.79 Å². The van der Waals surface area contributed by atoms with Crippen molar-refractivity contribution in [3.05, 3.63) is 24.0 Å². The van der Waals surface area contributed by atoms with Gasteiger partial charge in [-0.25, -0.2) is 9.67 Å². The molecule has 166 valence electrons. The Morgan fingerprint density at radius 3 is 2.74 bits per heavy atom. The maximum absolute atomic E-state index is 11.6. The third-order valence-electron chi connectivity index (χ3n) is 7.22. The first-order chi connectivity index (χ1) is 15.1. The molecule has 8 heteroatoms. The van der Waals surface area contributed by atoms with Gasteiger partial charge < -0.3 is 11.1 Å². The van der Waals surface area contributed by atoms with Crippen LogP contribution in [0.5, 0.6) is 0 Å². The van der Waals surface area contributed by atoms with Crippen molar-refractivity contribution in [2.24, 2.45) is 11.7 Å². The van der Waals surface area contributed by atoms with E-state index in [1.54, 1.807) is 0 Å². The summed E-state index contributed by atoms with van der Waals surface area (Å²) < 4.78 is 1.94. The summed E-state index contributed by atoms with van der Waals surface area (Å²) in [6.45, 7) is 2.87. The fraction of sp³-hybridized carbons (Fsp3) is 0.609. The number of anilines is 1. The minimum absolute atomic E-state index is 0.0481. The van der Waals surface area contributed by atoms with Crippen molar-refractivity contribution >= 4 is 28.3 Å². The van der Waals surface area contributed by atoms with Gasteiger partial charge in [0.05, 0.1) is 23.0 Å². The molecule has 1 amide bonds. The van der Waals surface area contributed by atoms with Gasteiger partial charge in [0.2, 0.25) is 5.91 Å². The van der Waals surface area contributed by atoms with E-state index >= 15 is 0 Å². The molecule has 0 atom stereocenters. The molecule has 1 aliphatic heterocycles. The molecule has 5 rings (SSSR count). The van der Waals surface area contributed by atoms with Crippen LogP contribution in [0.1, 0.15) is 70.3 Å². The Bertz CT molecular complexity index is 999. The highest BCUT2D eigenvalue weighted by atomic mass is 16.7. The average molecular weight is 425 g/mol. The number of pyridine rings is 1. The van der Waals surface area contributed by atoms with Crippen molar-refractivity contribution < 1.29 is 9.63 Å². The molecule has 3 aliphatic rings. The van der Waals surface area contributed by atoms with Crippen LogP contribution in [0, 0.1) is 5.92 Å². The van der Waals surface area contributed by atoms with Crippen LogP contribution in [-0.4, -0.2) is 32.3 Å². The van der Waals surface area contributed by atoms with Crippen molar-refractivity contribution in [3.8, 4) is 0 Å². The van der Waals surface area contributed by atoms with E-state index in [2.05, 4.69) is 28.9 Å². The number of fused-ring (bicyclic) bond motifs is 1. The van der Waals surface area contributed by atoms with E-state index in [0.717, 1.165) is 60.2 Å². The summed E-state index contributed by atoms with van der Waals surface area (Å²) in [6.07, 6.45) is 15.3. The first kappa shape index (κ1) is 20.3. The van der Waals surface area contributed by atoms with Crippen molar-refractivity contribution in [2.45, 2.75) is 82.9 Å². The smallest absolute Gasteiger partial charge is 0.220 e. The molecule has 0 unspecified atom stereocenters. The molecular weight excluding hydrogens is 392 g/mol. The van der Waals surface area contributed by atoms with Crippen LogP contribution in [0.3, 0.4) is 0 Å². The van der Waals surface area contributed by atoms with Gasteiger partial charge in [0.1, 0.15) is 5.60 Å². The third-order valence-corrected chi connectivity index (χ3v) is 7.22. The van der Waals surface area contributed by atoms with E-state index < -0.39 is 0 Å². The van der Waals surface area contributed by atoms with Gasteiger partial charge in [-0.1, -0.05) is 19.3 Å². The van der Waals surface area contributed by atoms with E-state index in [0.29, 0.717) is 6.04 Å². The van der Waals surface area contributed by atoms with Gasteiger partial charge in [-0.2, -0.15) is 5.10 Å². The number of nitrogens with one attached hydrogen (secondary N) is 2. The minimum Gasteiger partial charge on any atom is -0.381 e. The summed E-state index contributed by atoms with van der Waals surface area (Å²) in [6, 6.07) is 0.464. The highest BCUT2D eigenvalue weighted by Gasteiger charge is 2.41. The van der Waals surface area contributed by atoms with Crippen LogP contribution in [0.25, 0.3) is 16.7 Å². The summed E-state index contributed by atoms with van der Waals surface area (Å²) >= 11 is 0. The Hall–Kier alpha value is -2.61. The Labute approximate surface area is 182 Å². The number of carbonyl (C=O) groups excluding carboxylic acids is 1. The number of carbonyl (C=O) groups is 1. The van der Waals surface area contributed by atoms with Gasteiger partial charge in [-0.3, -0.25) is 15.1 Å². The molecule has 31 heavy (non-hydrogen) atoms. The molecule has 0 saturated heterocycles. The fourth-order valence-corrected chi connectivity index (χ4v) is 5.32. The Morgan fingerprint density at radius 1 is 1.26 bits per heavy atom. The molecule has 0 radical (unpaired) electrons. The number of hydrogen-bond acceptors (Lipinski definition) is 6. The van der Waals surface area contributed by atoms with E-state index in [1.165, 1.54) is 32.1 Å². The topological polar surface area (TPSA) is 107 Å². The Balaban J connectivity index is 1.49. The fourth-order valence-electron chi connectivity index (χ4n) is 5.32. The molecule has 1 spiro atoms. The van der Waals surface area contributed by atoms with E-state index in [-0.39, 0.29) is 17.4 Å². The van der Waals surface area contributed by atoms with Crippen molar-refractivity contribution in [1.29, 1.82) is 0 Å². The van der Waals surface area contributed by atoms with Gasteiger partial charge in [-0.15, -0.1) is 0 Å².